The number of rotatable bonds is 5. The number of methoxy groups -OCH3 is 1. The Bertz CT molecular complexity index is 974. The third-order valence-electron chi connectivity index (χ3n) is 3.83. The summed E-state index contributed by atoms with van der Waals surface area (Å²) in [6.07, 6.45) is 0. The van der Waals surface area contributed by atoms with Gasteiger partial charge in [0, 0.05) is 22.5 Å². The largest absolute Gasteiger partial charge is 0.496 e. The molecular weight excluding hydrogens is 455 g/mol. The van der Waals surface area contributed by atoms with E-state index in [1.807, 2.05) is 30.3 Å². The summed E-state index contributed by atoms with van der Waals surface area (Å²) in [5, 5.41) is 5.64. The predicted octanol–water partition coefficient (Wildman–Crippen LogP) is 4.80. The van der Waals surface area contributed by atoms with E-state index in [1.165, 1.54) is 0 Å². The van der Waals surface area contributed by atoms with Crippen LogP contribution in [0.2, 0.25) is 0 Å². The molecule has 3 aromatic carbocycles. The van der Waals surface area contributed by atoms with Crippen LogP contribution in [0.3, 0.4) is 0 Å². The second-order valence-electron chi connectivity index (χ2n) is 5.70. The Balaban J connectivity index is 1.72. The number of benzene rings is 3. The maximum absolute atomic E-state index is 12.5. The van der Waals surface area contributed by atoms with Crippen LogP contribution >= 0.6 is 22.6 Å². The Morgan fingerprint density at radius 2 is 1.41 bits per heavy atom. The third kappa shape index (κ3) is 4.85. The molecule has 6 heteroatoms. The maximum Gasteiger partial charge on any atom is 0.255 e. The van der Waals surface area contributed by atoms with Crippen molar-refractivity contribution in [3.8, 4) is 5.75 Å². The zero-order chi connectivity index (χ0) is 19.2. The van der Waals surface area contributed by atoms with Gasteiger partial charge in [0.05, 0.1) is 10.7 Å². The molecule has 27 heavy (non-hydrogen) atoms. The van der Waals surface area contributed by atoms with Crippen LogP contribution in [0.5, 0.6) is 5.75 Å². The molecular formula is C21H17IN2O3. The standard InChI is InChI=1S/C21H17IN2O3/c1-27-19-11-10-15(13-18(19)22)21(26)24-17-9-5-6-14(12-17)20(25)23-16-7-3-2-4-8-16/h2-13H,1H3,(H,23,25)(H,24,26). The average molecular weight is 472 g/mol. The molecule has 0 atom stereocenters. The highest BCUT2D eigenvalue weighted by atomic mass is 127. The van der Waals surface area contributed by atoms with Gasteiger partial charge in [0.15, 0.2) is 0 Å². The summed E-state index contributed by atoms with van der Waals surface area (Å²) in [7, 11) is 1.59. The molecule has 0 saturated heterocycles. The van der Waals surface area contributed by atoms with Crippen molar-refractivity contribution < 1.29 is 14.3 Å². The van der Waals surface area contributed by atoms with Gasteiger partial charge in [0.25, 0.3) is 11.8 Å². The minimum absolute atomic E-state index is 0.240. The molecule has 0 spiro atoms. The van der Waals surface area contributed by atoms with Gasteiger partial charge >= 0.3 is 0 Å². The Morgan fingerprint density at radius 1 is 0.778 bits per heavy atom. The van der Waals surface area contributed by atoms with Gasteiger partial charge in [-0.3, -0.25) is 9.59 Å². The molecule has 0 saturated carbocycles. The number of hydrogen-bond donors (Lipinski definition) is 2. The Labute approximate surface area is 170 Å². The molecule has 5 nitrogen and oxygen atoms in total. The van der Waals surface area contributed by atoms with Crippen LogP contribution < -0.4 is 15.4 Å². The number of nitrogens with one attached hydrogen (secondary N) is 2. The smallest absolute Gasteiger partial charge is 0.255 e. The molecule has 0 unspecified atom stereocenters. The minimum atomic E-state index is -0.254. The van der Waals surface area contributed by atoms with Gasteiger partial charge < -0.3 is 15.4 Å². The van der Waals surface area contributed by atoms with Crippen molar-refractivity contribution in [2.75, 3.05) is 17.7 Å². The van der Waals surface area contributed by atoms with Crippen molar-refractivity contribution in [2.45, 2.75) is 0 Å². The van der Waals surface area contributed by atoms with E-state index in [1.54, 1.807) is 49.6 Å². The number of amides is 2. The van der Waals surface area contributed by atoms with Gasteiger partial charge in [-0.1, -0.05) is 24.3 Å². The van der Waals surface area contributed by atoms with Crippen LogP contribution in [0.15, 0.2) is 72.8 Å². The molecule has 0 fully saturated rings. The number of anilines is 2. The van der Waals surface area contributed by atoms with E-state index in [2.05, 4.69) is 33.2 Å². The van der Waals surface area contributed by atoms with Gasteiger partial charge in [-0.2, -0.15) is 0 Å². The molecule has 2 amide bonds. The molecule has 2 N–H and O–H groups in total. The highest BCUT2D eigenvalue weighted by Gasteiger charge is 2.11. The number of halogens is 1. The second-order valence-corrected chi connectivity index (χ2v) is 6.87. The summed E-state index contributed by atoms with van der Waals surface area (Å²) in [6.45, 7) is 0. The monoisotopic (exact) mass is 472 g/mol. The van der Waals surface area contributed by atoms with E-state index in [-0.39, 0.29) is 11.8 Å². The highest BCUT2D eigenvalue weighted by Crippen LogP contribution is 2.22. The molecule has 0 aliphatic carbocycles. The normalized spacial score (nSPS) is 10.1. The fraction of sp³-hybridized carbons (Fsp3) is 0.0476. The third-order valence-corrected chi connectivity index (χ3v) is 4.67. The van der Waals surface area contributed by atoms with Crippen molar-refractivity contribution in [3.63, 3.8) is 0 Å². The predicted molar refractivity (Wildman–Crippen MR) is 115 cm³/mol. The van der Waals surface area contributed by atoms with Crippen LogP contribution in [0, 0.1) is 3.57 Å². The summed E-state index contributed by atoms with van der Waals surface area (Å²) in [4.78, 5) is 24.9. The Kier molecular flexibility index (Phi) is 6.08. The van der Waals surface area contributed by atoms with Gasteiger partial charge in [-0.15, -0.1) is 0 Å². The lowest BCUT2D eigenvalue weighted by atomic mass is 10.1. The van der Waals surface area contributed by atoms with E-state index in [0.717, 1.165) is 3.57 Å². The van der Waals surface area contributed by atoms with Crippen molar-refractivity contribution in [2.24, 2.45) is 0 Å². The zero-order valence-electron chi connectivity index (χ0n) is 14.5. The van der Waals surface area contributed by atoms with Gasteiger partial charge in [0.1, 0.15) is 5.75 Å². The first-order valence-electron chi connectivity index (χ1n) is 8.18. The minimum Gasteiger partial charge on any atom is -0.496 e. The van der Waals surface area contributed by atoms with Crippen LogP contribution in [-0.2, 0) is 0 Å². The first-order chi connectivity index (χ1) is 13.1. The first-order valence-corrected chi connectivity index (χ1v) is 9.26. The lowest BCUT2D eigenvalue weighted by molar-refractivity contribution is 0.101. The van der Waals surface area contributed by atoms with Crippen molar-refractivity contribution in [1.82, 2.24) is 0 Å². The van der Waals surface area contributed by atoms with Gasteiger partial charge in [-0.25, -0.2) is 0 Å². The van der Waals surface area contributed by atoms with E-state index >= 15 is 0 Å². The molecule has 0 aliphatic rings. The van der Waals surface area contributed by atoms with Crippen molar-refractivity contribution in [1.29, 1.82) is 0 Å². The first kappa shape index (κ1) is 18.9. The van der Waals surface area contributed by atoms with E-state index in [9.17, 15) is 9.59 Å². The van der Waals surface area contributed by atoms with E-state index in [0.29, 0.717) is 28.3 Å². The summed E-state index contributed by atoms with van der Waals surface area (Å²) in [6, 6.07) is 21.2. The second kappa shape index (κ2) is 8.68. The van der Waals surface area contributed by atoms with Crippen molar-refractivity contribution in [3.05, 3.63) is 87.5 Å². The van der Waals surface area contributed by atoms with Crippen LogP contribution in [-0.4, -0.2) is 18.9 Å². The summed E-state index contributed by atoms with van der Waals surface area (Å²) >= 11 is 2.12. The summed E-state index contributed by atoms with van der Waals surface area (Å²) < 4.78 is 6.05. The van der Waals surface area contributed by atoms with Crippen molar-refractivity contribution >= 4 is 45.8 Å². The van der Waals surface area contributed by atoms with Crippen LogP contribution in [0.1, 0.15) is 20.7 Å². The molecule has 136 valence electrons. The Hall–Kier alpha value is -2.87. The SMILES string of the molecule is COc1ccc(C(=O)Nc2cccc(C(=O)Nc3ccccc3)c2)cc1I. The fourth-order valence-electron chi connectivity index (χ4n) is 2.47. The molecule has 0 radical (unpaired) electrons. The number of ether oxygens (including phenoxy) is 1. The summed E-state index contributed by atoms with van der Waals surface area (Å²) in [5.41, 5.74) is 2.23. The molecule has 0 aromatic heterocycles. The molecule has 0 heterocycles. The van der Waals surface area contributed by atoms with E-state index in [4.69, 9.17) is 4.74 Å². The average Bonchev–Trinajstić information content (AvgIpc) is 2.69. The topological polar surface area (TPSA) is 67.4 Å². The molecule has 0 bridgehead atoms. The lowest BCUT2D eigenvalue weighted by Gasteiger charge is -2.10. The Morgan fingerprint density at radius 3 is 2.07 bits per heavy atom. The van der Waals surface area contributed by atoms with Crippen LogP contribution in [0.4, 0.5) is 11.4 Å². The van der Waals surface area contributed by atoms with Gasteiger partial charge in [-0.05, 0) is 71.1 Å². The van der Waals surface area contributed by atoms with E-state index < -0.39 is 0 Å². The number of hydrogen-bond acceptors (Lipinski definition) is 3. The molecule has 0 aliphatic heterocycles. The maximum atomic E-state index is 12.5. The summed E-state index contributed by atoms with van der Waals surface area (Å²) in [5.74, 6) is 0.221. The number of para-hydroxylation sites is 1. The number of carbonyl (C=O) groups is 2. The quantitative estimate of drug-likeness (QED) is 0.525. The highest BCUT2D eigenvalue weighted by molar-refractivity contribution is 14.1. The number of carbonyl (C=O) groups excluding carboxylic acids is 2. The molecule has 3 rings (SSSR count). The lowest BCUT2D eigenvalue weighted by Crippen LogP contribution is -2.14. The zero-order valence-corrected chi connectivity index (χ0v) is 16.7. The van der Waals surface area contributed by atoms with Crippen LogP contribution in [0.25, 0.3) is 0 Å². The van der Waals surface area contributed by atoms with Gasteiger partial charge in [0.2, 0.25) is 0 Å². The molecule has 3 aromatic rings. The fourth-order valence-corrected chi connectivity index (χ4v) is 3.21.